The first-order valence-electron chi connectivity index (χ1n) is 2.95. The van der Waals surface area contributed by atoms with Gasteiger partial charge in [-0.1, -0.05) is 0 Å². The second-order valence-corrected chi connectivity index (χ2v) is 2.07. The maximum absolute atomic E-state index is 11.0. The van der Waals surface area contributed by atoms with Crippen LogP contribution in [0.5, 0.6) is 0 Å². The summed E-state index contributed by atoms with van der Waals surface area (Å²) in [4.78, 5) is 14.9. The first kappa shape index (κ1) is 5.90. The van der Waals surface area contributed by atoms with Crippen LogP contribution in [0.3, 0.4) is 0 Å². The van der Waals surface area contributed by atoms with Crippen molar-refractivity contribution >= 4 is 11.6 Å². The Balaban J connectivity index is 3.02. The molecular weight excluding hydrogens is 146 g/mol. The normalized spacial score (nSPS) is 10.5. The van der Waals surface area contributed by atoms with Crippen LogP contribution in [0.1, 0.15) is 0 Å². The van der Waals surface area contributed by atoms with Crippen molar-refractivity contribution in [3.05, 3.63) is 22.7 Å². The van der Waals surface area contributed by atoms with Crippen LogP contribution in [0.2, 0.25) is 0 Å². The average molecular weight is 151 g/mol. The maximum atomic E-state index is 11.0. The molecule has 2 aromatic heterocycles. The van der Waals surface area contributed by atoms with Gasteiger partial charge in [0.05, 0.1) is 0 Å². The van der Waals surface area contributed by atoms with Crippen LogP contribution in [-0.4, -0.2) is 19.6 Å². The van der Waals surface area contributed by atoms with Crippen molar-refractivity contribution in [1.29, 1.82) is 0 Å². The standard InChI is InChI=1S/C5H5N5O/c6-3-1-4(11)10-2-7-9-5(10)8-3/h1-2H,6H2,(H,8,9). The minimum absolute atomic E-state index is 0.194. The number of hydrogen-bond donors (Lipinski definition) is 2. The number of aromatic nitrogens is 4. The molecule has 0 saturated heterocycles. The first-order valence-corrected chi connectivity index (χ1v) is 2.95. The molecule has 0 aliphatic rings. The molecule has 0 bridgehead atoms. The third kappa shape index (κ3) is 0.759. The van der Waals surface area contributed by atoms with E-state index in [0.717, 1.165) is 0 Å². The Kier molecular flexibility index (Phi) is 0.974. The largest absolute Gasteiger partial charge is 0.383 e. The summed E-state index contributed by atoms with van der Waals surface area (Å²) in [5.74, 6) is 0.550. The van der Waals surface area contributed by atoms with Gasteiger partial charge < -0.3 is 5.73 Å². The van der Waals surface area contributed by atoms with Crippen LogP contribution in [0.25, 0.3) is 5.78 Å². The minimum Gasteiger partial charge on any atom is -0.383 e. The van der Waals surface area contributed by atoms with Crippen LogP contribution in [0, 0.1) is 0 Å². The van der Waals surface area contributed by atoms with E-state index < -0.39 is 0 Å². The Hall–Kier alpha value is -1.85. The fraction of sp³-hybridized carbons (Fsp3) is 0. The summed E-state index contributed by atoms with van der Waals surface area (Å²) in [6.07, 6.45) is 1.35. The lowest BCUT2D eigenvalue weighted by Crippen LogP contribution is -2.12. The average Bonchev–Trinajstić information content (AvgIpc) is 2.34. The molecule has 0 amide bonds. The van der Waals surface area contributed by atoms with Gasteiger partial charge in [0.25, 0.3) is 5.56 Å². The van der Waals surface area contributed by atoms with E-state index in [-0.39, 0.29) is 11.4 Å². The van der Waals surface area contributed by atoms with Gasteiger partial charge >= 0.3 is 0 Å². The van der Waals surface area contributed by atoms with E-state index in [1.165, 1.54) is 16.8 Å². The van der Waals surface area contributed by atoms with Crippen molar-refractivity contribution in [3.63, 3.8) is 0 Å². The molecule has 6 heteroatoms. The van der Waals surface area contributed by atoms with Crippen LogP contribution in [0.4, 0.5) is 5.82 Å². The van der Waals surface area contributed by atoms with Gasteiger partial charge in [0.2, 0.25) is 5.78 Å². The van der Waals surface area contributed by atoms with E-state index in [1.54, 1.807) is 0 Å². The van der Waals surface area contributed by atoms with Crippen molar-refractivity contribution in [3.8, 4) is 0 Å². The van der Waals surface area contributed by atoms with Crippen molar-refractivity contribution in [2.75, 3.05) is 5.73 Å². The molecule has 0 radical (unpaired) electrons. The summed E-state index contributed by atoms with van der Waals surface area (Å²) >= 11 is 0. The number of nitrogen functional groups attached to an aromatic ring is 1. The zero-order chi connectivity index (χ0) is 7.84. The Bertz CT molecular complexity index is 441. The number of nitrogens with one attached hydrogen (secondary N) is 1. The number of H-pyrrole nitrogens is 1. The van der Waals surface area contributed by atoms with Crippen LogP contribution >= 0.6 is 0 Å². The molecule has 0 saturated carbocycles. The van der Waals surface area contributed by atoms with Gasteiger partial charge in [-0.05, 0) is 0 Å². The molecule has 3 N–H and O–H groups in total. The smallest absolute Gasteiger partial charge is 0.262 e. The quantitative estimate of drug-likeness (QED) is 0.505. The van der Waals surface area contributed by atoms with E-state index in [0.29, 0.717) is 5.78 Å². The highest BCUT2D eigenvalue weighted by molar-refractivity contribution is 5.36. The summed E-state index contributed by atoms with van der Waals surface area (Å²) in [5, 5.41) is 6.15. The van der Waals surface area contributed by atoms with E-state index in [4.69, 9.17) is 5.73 Å². The Morgan fingerprint density at radius 3 is 3.27 bits per heavy atom. The first-order chi connectivity index (χ1) is 5.27. The van der Waals surface area contributed by atoms with Gasteiger partial charge in [-0.15, -0.1) is 0 Å². The molecule has 0 aliphatic heterocycles. The van der Waals surface area contributed by atoms with Gasteiger partial charge in [-0.3, -0.25) is 4.79 Å². The molecule has 56 valence electrons. The second kappa shape index (κ2) is 1.82. The number of fused-ring (bicyclic) bond motifs is 1. The number of hydrogen-bond acceptors (Lipinski definition) is 4. The topological polar surface area (TPSA) is 89.1 Å². The molecule has 2 aromatic rings. The summed E-state index contributed by atoms with van der Waals surface area (Å²) in [7, 11) is 0. The lowest BCUT2D eigenvalue weighted by atomic mass is 10.6. The monoisotopic (exact) mass is 151 g/mol. The molecule has 0 aromatic carbocycles. The predicted octanol–water partition coefficient (Wildman–Crippen LogP) is -1.00. The minimum atomic E-state index is -0.235. The Morgan fingerprint density at radius 2 is 2.45 bits per heavy atom. The number of nitrogens with zero attached hydrogens (tertiary/aromatic N) is 3. The second-order valence-electron chi connectivity index (χ2n) is 2.07. The molecule has 0 unspecified atom stereocenters. The SMILES string of the molecule is Nc1cc(=O)n2cn[nH]c2n1. The summed E-state index contributed by atoms with van der Waals surface area (Å²) in [6, 6.07) is 1.24. The fourth-order valence-corrected chi connectivity index (χ4v) is 0.844. The van der Waals surface area contributed by atoms with Gasteiger partial charge in [0, 0.05) is 6.07 Å². The van der Waals surface area contributed by atoms with Gasteiger partial charge in [0.1, 0.15) is 12.1 Å². The number of rotatable bonds is 0. The highest BCUT2D eigenvalue weighted by Crippen LogP contribution is 1.92. The lowest BCUT2D eigenvalue weighted by molar-refractivity contribution is 1.06. The third-order valence-electron chi connectivity index (χ3n) is 1.31. The summed E-state index contributed by atoms with van der Waals surface area (Å²) < 4.78 is 1.27. The summed E-state index contributed by atoms with van der Waals surface area (Å²) in [6.45, 7) is 0. The van der Waals surface area contributed by atoms with E-state index >= 15 is 0 Å². The van der Waals surface area contributed by atoms with Gasteiger partial charge in [0.15, 0.2) is 0 Å². The van der Waals surface area contributed by atoms with Crippen LogP contribution < -0.4 is 11.3 Å². The fourth-order valence-electron chi connectivity index (χ4n) is 0.844. The predicted molar refractivity (Wildman–Crippen MR) is 38.0 cm³/mol. The number of nitrogens with two attached hydrogens (primary N) is 1. The molecule has 0 aliphatic carbocycles. The molecule has 0 spiro atoms. The Morgan fingerprint density at radius 1 is 1.64 bits per heavy atom. The highest BCUT2D eigenvalue weighted by atomic mass is 16.1. The van der Waals surface area contributed by atoms with E-state index in [9.17, 15) is 4.79 Å². The van der Waals surface area contributed by atoms with Crippen molar-refractivity contribution in [2.24, 2.45) is 0 Å². The van der Waals surface area contributed by atoms with Crippen molar-refractivity contribution < 1.29 is 0 Å². The van der Waals surface area contributed by atoms with Crippen LogP contribution in [0.15, 0.2) is 17.2 Å². The molecule has 6 nitrogen and oxygen atoms in total. The zero-order valence-electron chi connectivity index (χ0n) is 5.48. The third-order valence-corrected chi connectivity index (χ3v) is 1.31. The molecular formula is C5H5N5O. The molecule has 0 fully saturated rings. The molecule has 2 heterocycles. The van der Waals surface area contributed by atoms with Crippen LogP contribution in [-0.2, 0) is 0 Å². The van der Waals surface area contributed by atoms with Crippen molar-refractivity contribution in [1.82, 2.24) is 19.6 Å². The Labute approximate surface area is 60.7 Å². The lowest BCUT2D eigenvalue weighted by Gasteiger charge is -1.90. The molecule has 2 rings (SSSR count). The maximum Gasteiger partial charge on any atom is 0.262 e. The number of anilines is 1. The van der Waals surface area contributed by atoms with Gasteiger partial charge in [-0.2, -0.15) is 10.1 Å². The van der Waals surface area contributed by atoms with Crippen molar-refractivity contribution in [2.45, 2.75) is 0 Å². The van der Waals surface area contributed by atoms with E-state index in [2.05, 4.69) is 15.2 Å². The van der Waals surface area contributed by atoms with Gasteiger partial charge in [-0.25, -0.2) is 9.50 Å². The molecule has 0 atom stereocenters. The number of aromatic amines is 1. The van der Waals surface area contributed by atoms with E-state index in [1.807, 2.05) is 0 Å². The highest BCUT2D eigenvalue weighted by Gasteiger charge is 1.98. The summed E-state index contributed by atoms with van der Waals surface area (Å²) in [5.41, 5.74) is 5.08. The zero-order valence-corrected chi connectivity index (χ0v) is 5.48. The molecule has 11 heavy (non-hydrogen) atoms.